The molecule has 1 aliphatic carbocycles. The van der Waals surface area contributed by atoms with Crippen LogP contribution >= 0.6 is 0 Å². The molecule has 3 rings (SSSR count). The largest absolute Gasteiger partial charge is 0.329 e. The number of urea groups is 1. The first kappa shape index (κ1) is 14.0. The Morgan fingerprint density at radius 3 is 2.33 bits per heavy atom. The van der Waals surface area contributed by atoms with Gasteiger partial charge in [0.2, 0.25) is 0 Å². The summed E-state index contributed by atoms with van der Waals surface area (Å²) in [6.45, 7) is 0. The quantitative estimate of drug-likeness (QED) is 0.809. The maximum Gasteiger partial charge on any atom is 0.329 e. The van der Waals surface area contributed by atoms with Crippen molar-refractivity contribution in [2.75, 3.05) is 4.90 Å². The molecule has 0 aromatic heterocycles. The Morgan fingerprint density at radius 1 is 1.05 bits per heavy atom. The van der Waals surface area contributed by atoms with Gasteiger partial charge in [0.1, 0.15) is 17.2 Å². The Hall–Kier alpha value is -1.98. The number of nitrogens with zero attached hydrogens (tertiary/aromatic N) is 1. The van der Waals surface area contributed by atoms with E-state index in [0.29, 0.717) is 18.9 Å². The van der Waals surface area contributed by atoms with E-state index >= 15 is 0 Å². The van der Waals surface area contributed by atoms with Crippen molar-refractivity contribution in [3.05, 3.63) is 29.8 Å². The van der Waals surface area contributed by atoms with Crippen molar-refractivity contribution in [3.8, 4) is 0 Å². The molecular weight excluding hydrogens is 278 g/mol. The highest BCUT2D eigenvalue weighted by Gasteiger charge is 2.51. The van der Waals surface area contributed by atoms with Crippen LogP contribution in [0.1, 0.15) is 38.5 Å². The van der Waals surface area contributed by atoms with E-state index in [1.54, 1.807) is 0 Å². The van der Waals surface area contributed by atoms with Gasteiger partial charge in [0.05, 0.1) is 5.69 Å². The minimum atomic E-state index is -0.922. The van der Waals surface area contributed by atoms with Crippen LogP contribution < -0.4 is 10.2 Å². The summed E-state index contributed by atoms with van der Waals surface area (Å²) < 4.78 is 26.9. The fourth-order valence-electron chi connectivity index (χ4n) is 3.17. The van der Waals surface area contributed by atoms with E-state index < -0.39 is 29.1 Å². The van der Waals surface area contributed by atoms with Crippen molar-refractivity contribution in [1.82, 2.24) is 5.32 Å². The van der Waals surface area contributed by atoms with Crippen molar-refractivity contribution >= 4 is 17.6 Å². The van der Waals surface area contributed by atoms with Gasteiger partial charge in [-0.15, -0.1) is 0 Å². The first-order valence-corrected chi connectivity index (χ1v) is 7.15. The van der Waals surface area contributed by atoms with Gasteiger partial charge >= 0.3 is 6.03 Å². The third-order valence-electron chi connectivity index (χ3n) is 4.27. The number of carbonyl (C=O) groups is 2. The lowest BCUT2D eigenvalue weighted by Gasteiger charge is -2.24. The summed E-state index contributed by atoms with van der Waals surface area (Å²) >= 11 is 0. The van der Waals surface area contributed by atoms with E-state index in [9.17, 15) is 18.4 Å². The molecule has 112 valence electrons. The molecule has 0 radical (unpaired) electrons. The Labute approximate surface area is 121 Å². The van der Waals surface area contributed by atoms with Gasteiger partial charge in [0, 0.05) is 6.07 Å². The molecule has 1 saturated carbocycles. The van der Waals surface area contributed by atoms with Crippen LogP contribution in [0.15, 0.2) is 18.2 Å². The van der Waals surface area contributed by atoms with Gasteiger partial charge in [-0.2, -0.15) is 0 Å². The highest BCUT2D eigenvalue weighted by Crippen LogP contribution is 2.35. The molecule has 1 aromatic carbocycles. The van der Waals surface area contributed by atoms with Crippen LogP contribution in [0, 0.1) is 11.6 Å². The van der Waals surface area contributed by atoms with Gasteiger partial charge in [-0.25, -0.2) is 18.5 Å². The summed E-state index contributed by atoms with van der Waals surface area (Å²) in [4.78, 5) is 25.6. The van der Waals surface area contributed by atoms with Crippen LogP contribution in [0.2, 0.25) is 0 Å². The number of amides is 3. The number of hydrogen-bond acceptors (Lipinski definition) is 2. The highest BCUT2D eigenvalue weighted by molar-refractivity contribution is 6.23. The molecule has 4 nitrogen and oxygen atoms in total. The monoisotopic (exact) mass is 294 g/mol. The maximum absolute atomic E-state index is 13.9. The van der Waals surface area contributed by atoms with E-state index in [-0.39, 0.29) is 5.69 Å². The molecule has 21 heavy (non-hydrogen) atoms. The lowest BCUT2D eigenvalue weighted by Crippen LogP contribution is -2.46. The zero-order valence-corrected chi connectivity index (χ0v) is 11.5. The second-order valence-electron chi connectivity index (χ2n) is 5.66. The molecule has 1 N–H and O–H groups in total. The van der Waals surface area contributed by atoms with Gasteiger partial charge in [0.15, 0.2) is 0 Å². The summed E-state index contributed by atoms with van der Waals surface area (Å²) in [7, 11) is 0. The van der Waals surface area contributed by atoms with Crippen LogP contribution in [0.5, 0.6) is 0 Å². The van der Waals surface area contributed by atoms with Crippen LogP contribution in [0.25, 0.3) is 0 Å². The first-order chi connectivity index (χ1) is 10.0. The standard InChI is InChI=1S/C15H16F2N2O2/c16-10-5-6-12(11(17)9-10)19-13(20)15(18-14(19)21)7-3-1-2-4-8-15/h5-6,9H,1-4,7-8H2,(H,18,21). The number of anilines is 1. The van der Waals surface area contributed by atoms with Crippen molar-refractivity contribution in [2.24, 2.45) is 0 Å². The molecule has 2 fully saturated rings. The number of hydrogen-bond donors (Lipinski definition) is 1. The molecule has 1 saturated heterocycles. The Morgan fingerprint density at radius 2 is 1.71 bits per heavy atom. The average molecular weight is 294 g/mol. The summed E-state index contributed by atoms with van der Waals surface area (Å²) in [5.41, 5.74) is -1.12. The number of nitrogens with one attached hydrogen (secondary N) is 1. The van der Waals surface area contributed by atoms with E-state index in [0.717, 1.165) is 42.7 Å². The zero-order chi connectivity index (χ0) is 15.0. The molecule has 0 unspecified atom stereocenters. The molecule has 0 bridgehead atoms. The van der Waals surface area contributed by atoms with Crippen LogP contribution in [-0.4, -0.2) is 17.5 Å². The van der Waals surface area contributed by atoms with E-state index in [1.807, 2.05) is 0 Å². The predicted molar refractivity (Wildman–Crippen MR) is 72.8 cm³/mol. The molecule has 0 atom stereocenters. The third-order valence-corrected chi connectivity index (χ3v) is 4.27. The van der Waals surface area contributed by atoms with Crippen molar-refractivity contribution in [1.29, 1.82) is 0 Å². The van der Waals surface area contributed by atoms with Gasteiger partial charge < -0.3 is 5.32 Å². The molecular formula is C15H16F2N2O2. The predicted octanol–water partition coefficient (Wildman–Crippen LogP) is 3.11. The maximum atomic E-state index is 13.9. The lowest BCUT2D eigenvalue weighted by molar-refractivity contribution is -0.122. The minimum Gasteiger partial charge on any atom is -0.323 e. The van der Waals surface area contributed by atoms with Gasteiger partial charge in [0.25, 0.3) is 5.91 Å². The Kier molecular flexibility index (Phi) is 3.39. The van der Waals surface area contributed by atoms with Crippen LogP contribution in [-0.2, 0) is 4.79 Å². The number of imide groups is 1. The molecule has 2 aliphatic rings. The number of rotatable bonds is 1. The highest BCUT2D eigenvalue weighted by atomic mass is 19.1. The van der Waals surface area contributed by atoms with E-state index in [2.05, 4.69) is 5.32 Å². The molecule has 1 aliphatic heterocycles. The number of halogens is 2. The third kappa shape index (κ3) is 2.28. The van der Waals surface area contributed by atoms with Crippen molar-refractivity contribution in [2.45, 2.75) is 44.1 Å². The molecule has 1 heterocycles. The summed E-state index contributed by atoms with van der Waals surface area (Å²) in [5.74, 6) is -2.09. The number of carbonyl (C=O) groups excluding carboxylic acids is 2. The summed E-state index contributed by atoms with van der Waals surface area (Å²) in [5, 5.41) is 2.73. The van der Waals surface area contributed by atoms with Crippen molar-refractivity contribution in [3.63, 3.8) is 0 Å². The second kappa shape index (κ2) is 5.09. The first-order valence-electron chi connectivity index (χ1n) is 7.15. The fraction of sp³-hybridized carbons (Fsp3) is 0.467. The van der Waals surface area contributed by atoms with Crippen LogP contribution in [0.3, 0.4) is 0 Å². The van der Waals surface area contributed by atoms with Gasteiger partial charge in [-0.3, -0.25) is 4.79 Å². The molecule has 1 spiro atoms. The van der Waals surface area contributed by atoms with Gasteiger partial charge in [-0.1, -0.05) is 25.7 Å². The van der Waals surface area contributed by atoms with Crippen LogP contribution in [0.4, 0.5) is 19.3 Å². The fourth-order valence-corrected chi connectivity index (χ4v) is 3.17. The smallest absolute Gasteiger partial charge is 0.323 e. The normalized spacial score (nSPS) is 21.5. The molecule has 3 amide bonds. The Bertz CT molecular complexity index is 595. The van der Waals surface area contributed by atoms with E-state index in [1.165, 1.54) is 0 Å². The van der Waals surface area contributed by atoms with Gasteiger partial charge in [-0.05, 0) is 25.0 Å². The SMILES string of the molecule is O=C1NC2(CCCCCC2)C(=O)N1c1ccc(F)cc1F. The summed E-state index contributed by atoms with van der Waals surface area (Å²) in [6, 6.07) is 2.20. The molecule has 6 heteroatoms. The van der Waals surface area contributed by atoms with E-state index in [4.69, 9.17) is 0 Å². The van der Waals surface area contributed by atoms with Crippen molar-refractivity contribution < 1.29 is 18.4 Å². The molecule has 1 aromatic rings. The topological polar surface area (TPSA) is 49.4 Å². The summed E-state index contributed by atoms with van der Waals surface area (Å²) in [6.07, 6.45) is 4.89. The zero-order valence-electron chi connectivity index (χ0n) is 11.5. The number of benzene rings is 1. The lowest BCUT2D eigenvalue weighted by atomic mass is 9.90. The Balaban J connectivity index is 1.97. The minimum absolute atomic E-state index is 0.194. The second-order valence-corrected chi connectivity index (χ2v) is 5.66. The average Bonchev–Trinajstić information content (AvgIpc) is 2.60.